The molecule has 4 unspecified atom stereocenters. The van der Waals surface area contributed by atoms with Crippen LogP contribution in [0.2, 0.25) is 0 Å². The molecule has 0 aliphatic heterocycles. The highest BCUT2D eigenvalue weighted by Gasteiger charge is 2.44. The van der Waals surface area contributed by atoms with Crippen molar-refractivity contribution in [2.24, 2.45) is 0 Å². The summed E-state index contributed by atoms with van der Waals surface area (Å²) < 4.78 is 3.62. The Kier molecular flexibility index (Phi) is 5.15. The molecule has 24 heavy (non-hydrogen) atoms. The van der Waals surface area contributed by atoms with Gasteiger partial charge in [0, 0.05) is 17.9 Å². The molecule has 0 spiro atoms. The van der Waals surface area contributed by atoms with Gasteiger partial charge in [-0.15, -0.1) is 46.4 Å². The lowest BCUT2D eigenvalue weighted by Gasteiger charge is -2.39. The SMILES string of the molecule is ClC1c2c(Br)cc(Br)c3c2-c2c(c(Br)cc(Br)c2C(Cl)C3Cl)C1Cl. The van der Waals surface area contributed by atoms with Gasteiger partial charge in [0.2, 0.25) is 0 Å². The third-order valence-corrected chi connectivity index (χ3v) is 9.24. The van der Waals surface area contributed by atoms with Crippen molar-refractivity contribution in [3.63, 3.8) is 0 Å². The van der Waals surface area contributed by atoms with Gasteiger partial charge in [-0.05, 0) is 45.5 Å². The zero-order valence-corrected chi connectivity index (χ0v) is 20.9. The van der Waals surface area contributed by atoms with Gasteiger partial charge in [0.05, 0.1) is 21.5 Å². The number of hydrogen-bond acceptors (Lipinski definition) is 0. The molecule has 126 valence electrons. The van der Waals surface area contributed by atoms with E-state index in [-0.39, 0.29) is 21.5 Å². The second-order valence-corrected chi connectivity index (χ2v) is 11.0. The summed E-state index contributed by atoms with van der Waals surface area (Å²) in [5.74, 6) is 0. The van der Waals surface area contributed by atoms with Crippen LogP contribution in [0.15, 0.2) is 30.0 Å². The minimum absolute atomic E-state index is 0.378. The van der Waals surface area contributed by atoms with E-state index >= 15 is 0 Å². The van der Waals surface area contributed by atoms with Crippen molar-refractivity contribution in [2.45, 2.75) is 21.5 Å². The van der Waals surface area contributed by atoms with Gasteiger partial charge in [-0.3, -0.25) is 0 Å². The molecular weight excluding hydrogens is 654 g/mol. The van der Waals surface area contributed by atoms with Crippen LogP contribution in [-0.4, -0.2) is 0 Å². The molecule has 4 atom stereocenters. The third-order valence-electron chi connectivity index (χ3n) is 4.48. The number of rotatable bonds is 0. The van der Waals surface area contributed by atoms with Crippen LogP contribution in [0.1, 0.15) is 43.8 Å². The van der Waals surface area contributed by atoms with Crippen LogP contribution >= 0.6 is 110 Å². The van der Waals surface area contributed by atoms with Crippen LogP contribution in [0, 0.1) is 0 Å². The maximum Gasteiger partial charge on any atom is 0.0807 e. The van der Waals surface area contributed by atoms with E-state index in [2.05, 4.69) is 63.7 Å². The van der Waals surface area contributed by atoms with Crippen molar-refractivity contribution in [2.75, 3.05) is 0 Å². The van der Waals surface area contributed by atoms with Crippen LogP contribution < -0.4 is 0 Å². The summed E-state index contributed by atoms with van der Waals surface area (Å²) in [7, 11) is 0. The van der Waals surface area contributed by atoms with Gasteiger partial charge in [-0.2, -0.15) is 0 Å². The monoisotopic (exact) mass is 654 g/mol. The highest BCUT2D eigenvalue weighted by molar-refractivity contribution is 9.11. The first-order valence-corrected chi connectivity index (χ1v) is 11.8. The minimum atomic E-state index is -0.378. The molecule has 0 saturated carbocycles. The summed E-state index contributed by atoms with van der Waals surface area (Å²) in [6, 6.07) is 3.93. The molecule has 0 fully saturated rings. The number of hydrogen-bond donors (Lipinski definition) is 0. The molecule has 0 amide bonds. The van der Waals surface area contributed by atoms with Crippen LogP contribution in [-0.2, 0) is 0 Å². The van der Waals surface area contributed by atoms with E-state index in [1.54, 1.807) is 0 Å². The van der Waals surface area contributed by atoms with Crippen LogP contribution in [0.5, 0.6) is 0 Å². The molecule has 0 heterocycles. The quantitative estimate of drug-likeness (QED) is 0.247. The lowest BCUT2D eigenvalue weighted by Crippen LogP contribution is -2.21. The topological polar surface area (TPSA) is 0 Å². The van der Waals surface area contributed by atoms with Crippen molar-refractivity contribution in [3.8, 4) is 11.1 Å². The summed E-state index contributed by atoms with van der Waals surface area (Å²) in [4.78, 5) is 0. The molecule has 4 rings (SSSR count). The molecule has 2 aromatic carbocycles. The highest BCUT2D eigenvalue weighted by atomic mass is 79.9. The van der Waals surface area contributed by atoms with E-state index in [1.807, 2.05) is 12.1 Å². The van der Waals surface area contributed by atoms with Gasteiger partial charge >= 0.3 is 0 Å². The lowest BCUT2D eigenvalue weighted by atomic mass is 9.75. The van der Waals surface area contributed by atoms with E-state index in [1.165, 1.54) is 0 Å². The molecule has 2 aromatic rings. The molecule has 0 radical (unpaired) electrons. The smallest absolute Gasteiger partial charge is 0.0807 e. The second kappa shape index (κ2) is 6.55. The largest absolute Gasteiger partial charge is 0.116 e. The maximum atomic E-state index is 6.74. The summed E-state index contributed by atoms with van der Waals surface area (Å²) in [6.07, 6.45) is 0. The normalized spacial score (nSPS) is 27.2. The van der Waals surface area contributed by atoms with Crippen LogP contribution in [0.4, 0.5) is 0 Å². The zero-order chi connectivity index (χ0) is 17.5. The van der Waals surface area contributed by atoms with Gasteiger partial charge in [0.1, 0.15) is 0 Å². The standard InChI is InChI=1S/C16H6Br4Cl4/c17-3-1-4(18)8-11-7(3)13(21)15(23)9-5(19)2-6(20)10(12(9)11)16(24)14(8)22/h1-2,13-16H. The lowest BCUT2D eigenvalue weighted by molar-refractivity contribution is 0.797. The molecule has 0 aromatic heterocycles. The second-order valence-electron chi connectivity index (χ2n) is 5.69. The molecule has 2 aliphatic rings. The highest BCUT2D eigenvalue weighted by Crippen LogP contribution is 2.64. The van der Waals surface area contributed by atoms with Crippen molar-refractivity contribution < 1.29 is 0 Å². The van der Waals surface area contributed by atoms with Gasteiger partial charge in [-0.1, -0.05) is 63.7 Å². The van der Waals surface area contributed by atoms with Crippen molar-refractivity contribution in [3.05, 3.63) is 52.3 Å². The van der Waals surface area contributed by atoms with Gasteiger partial charge in [0.25, 0.3) is 0 Å². The Hall–Kier alpha value is 1.52. The molecular formula is C16H6Br4Cl4. The summed E-state index contributed by atoms with van der Waals surface area (Å²) in [5.41, 5.74) is 5.89. The Morgan fingerprint density at radius 3 is 0.917 bits per heavy atom. The molecule has 0 N–H and O–H groups in total. The van der Waals surface area contributed by atoms with Crippen molar-refractivity contribution in [1.82, 2.24) is 0 Å². The Balaban J connectivity index is 2.27. The average Bonchev–Trinajstić information content (AvgIpc) is 2.49. The predicted octanol–water partition coefficient (Wildman–Crippen LogP) is 9.55. The first-order valence-electron chi connectivity index (χ1n) is 6.85. The van der Waals surface area contributed by atoms with Crippen molar-refractivity contribution >= 4 is 110 Å². The van der Waals surface area contributed by atoms with E-state index in [4.69, 9.17) is 46.4 Å². The van der Waals surface area contributed by atoms with Gasteiger partial charge in [0.15, 0.2) is 0 Å². The van der Waals surface area contributed by atoms with Gasteiger partial charge in [-0.25, -0.2) is 0 Å². The Labute approximate surface area is 193 Å². The maximum absolute atomic E-state index is 6.74. The fraction of sp³-hybridized carbons (Fsp3) is 0.250. The number of benzene rings is 2. The third kappa shape index (κ3) is 2.47. The fourth-order valence-electron chi connectivity index (χ4n) is 3.50. The van der Waals surface area contributed by atoms with Crippen LogP contribution in [0.25, 0.3) is 11.1 Å². The minimum Gasteiger partial charge on any atom is -0.116 e. The molecule has 0 saturated heterocycles. The zero-order valence-electron chi connectivity index (χ0n) is 11.5. The Morgan fingerprint density at radius 2 is 0.708 bits per heavy atom. The first kappa shape index (κ1) is 18.9. The number of halogens is 8. The molecule has 8 heteroatoms. The molecule has 0 nitrogen and oxygen atoms in total. The average molecular weight is 660 g/mol. The number of alkyl halides is 4. The van der Waals surface area contributed by atoms with Crippen LogP contribution in [0.3, 0.4) is 0 Å². The van der Waals surface area contributed by atoms with Gasteiger partial charge < -0.3 is 0 Å². The van der Waals surface area contributed by atoms with E-state index in [0.29, 0.717) is 0 Å². The van der Waals surface area contributed by atoms with E-state index in [0.717, 1.165) is 51.3 Å². The summed E-state index contributed by atoms with van der Waals surface area (Å²) in [5, 5.41) is -1.51. The molecule has 0 bridgehead atoms. The fourth-order valence-corrected chi connectivity index (χ4v) is 8.75. The van der Waals surface area contributed by atoms with E-state index in [9.17, 15) is 0 Å². The van der Waals surface area contributed by atoms with E-state index < -0.39 is 0 Å². The molecule has 2 aliphatic carbocycles. The first-order chi connectivity index (χ1) is 11.3. The Morgan fingerprint density at radius 1 is 0.500 bits per heavy atom. The Bertz CT molecular complexity index is 761. The predicted molar refractivity (Wildman–Crippen MR) is 117 cm³/mol. The van der Waals surface area contributed by atoms with Crippen molar-refractivity contribution in [1.29, 1.82) is 0 Å². The summed E-state index contributed by atoms with van der Waals surface area (Å²) in [6.45, 7) is 0. The summed E-state index contributed by atoms with van der Waals surface area (Å²) >= 11 is 41.5.